The lowest BCUT2D eigenvalue weighted by molar-refractivity contribution is -0.0627. The molecule has 0 radical (unpaired) electrons. The van der Waals surface area contributed by atoms with Gasteiger partial charge in [-0.3, -0.25) is 0 Å². The van der Waals surface area contributed by atoms with Gasteiger partial charge in [-0.1, -0.05) is 20.8 Å². The van der Waals surface area contributed by atoms with E-state index in [1.54, 1.807) is 7.11 Å². The summed E-state index contributed by atoms with van der Waals surface area (Å²) in [7, 11) is -0.153. The van der Waals surface area contributed by atoms with Crippen LogP contribution in [0.4, 0.5) is 0 Å². The summed E-state index contributed by atoms with van der Waals surface area (Å²) in [5.41, 5.74) is 1.06. The van der Waals surface area contributed by atoms with E-state index in [9.17, 15) is 0 Å². The fourth-order valence-corrected chi connectivity index (χ4v) is 3.43. The van der Waals surface area contributed by atoms with Gasteiger partial charge in [0.15, 0.2) is 26.1 Å². The highest BCUT2D eigenvalue weighted by Crippen LogP contribution is 2.40. The number of benzene rings is 1. The Morgan fingerprint density at radius 3 is 2.33 bits per heavy atom. The average molecular weight is 419 g/mol. The lowest BCUT2D eigenvalue weighted by Crippen LogP contribution is -2.40. The summed E-state index contributed by atoms with van der Waals surface area (Å²) in [6.07, 6.45) is -0.338. The van der Waals surface area contributed by atoms with Crippen molar-refractivity contribution in [1.29, 1.82) is 0 Å². The maximum Gasteiger partial charge on any atom is 0.197 e. The lowest BCUT2D eigenvalue weighted by Gasteiger charge is -2.36. The Kier molecular flexibility index (Phi) is 7.78. The van der Waals surface area contributed by atoms with Crippen LogP contribution in [-0.4, -0.2) is 28.3 Å². The third-order valence-corrected chi connectivity index (χ3v) is 9.45. The first-order valence-corrected chi connectivity index (χ1v) is 12.0. The van der Waals surface area contributed by atoms with Crippen molar-refractivity contribution < 1.29 is 18.6 Å². The van der Waals surface area contributed by atoms with Crippen LogP contribution in [0.15, 0.2) is 16.6 Å². The van der Waals surface area contributed by atoms with Crippen LogP contribution in [0.5, 0.6) is 11.5 Å². The van der Waals surface area contributed by atoms with Crippen LogP contribution >= 0.6 is 15.9 Å². The number of halogens is 1. The second-order valence-corrected chi connectivity index (χ2v) is 13.0. The highest BCUT2D eigenvalue weighted by Gasteiger charge is 2.37. The van der Waals surface area contributed by atoms with Crippen LogP contribution in [0.3, 0.4) is 0 Å². The summed E-state index contributed by atoms with van der Waals surface area (Å²) >= 11 is 3.57. The van der Waals surface area contributed by atoms with Gasteiger partial charge in [-0.2, -0.15) is 0 Å². The predicted octanol–water partition coefficient (Wildman–Crippen LogP) is 5.74. The van der Waals surface area contributed by atoms with Gasteiger partial charge in [0.2, 0.25) is 0 Å². The van der Waals surface area contributed by atoms with E-state index in [0.29, 0.717) is 24.7 Å². The second kappa shape index (κ2) is 8.69. The minimum Gasteiger partial charge on any atom is -0.493 e. The molecule has 0 aromatic heterocycles. The zero-order valence-electron chi connectivity index (χ0n) is 16.2. The zero-order chi connectivity index (χ0) is 18.5. The van der Waals surface area contributed by atoms with Crippen molar-refractivity contribution in [2.45, 2.75) is 65.6 Å². The molecule has 0 fully saturated rings. The Morgan fingerprint density at radius 1 is 1.21 bits per heavy atom. The molecule has 138 valence electrons. The molecular weight excluding hydrogens is 388 g/mol. The Labute approximate surface area is 156 Å². The van der Waals surface area contributed by atoms with Gasteiger partial charge in [-0.25, -0.2) is 0 Å². The topological polar surface area (TPSA) is 36.9 Å². The summed E-state index contributed by atoms with van der Waals surface area (Å²) in [5, 5.41) is 0.185. The first kappa shape index (κ1) is 21.5. The monoisotopic (exact) mass is 418 g/mol. The van der Waals surface area contributed by atoms with Gasteiger partial charge in [0, 0.05) is 6.61 Å². The number of hydrogen-bond acceptors (Lipinski definition) is 4. The summed E-state index contributed by atoms with van der Waals surface area (Å²) in [6, 6.07) is 3.98. The van der Waals surface area contributed by atoms with E-state index in [2.05, 4.69) is 49.8 Å². The van der Waals surface area contributed by atoms with Gasteiger partial charge in [0.1, 0.15) is 0 Å². The number of ether oxygens (including phenoxy) is 3. The molecule has 1 aromatic carbocycles. The van der Waals surface area contributed by atoms with E-state index in [-0.39, 0.29) is 11.3 Å². The van der Waals surface area contributed by atoms with Gasteiger partial charge in [0.25, 0.3) is 0 Å². The first-order chi connectivity index (χ1) is 11.0. The molecule has 0 saturated carbocycles. The van der Waals surface area contributed by atoms with Gasteiger partial charge in [-0.05, 0) is 65.6 Å². The van der Waals surface area contributed by atoms with Crippen molar-refractivity contribution in [3.05, 3.63) is 22.2 Å². The van der Waals surface area contributed by atoms with Crippen molar-refractivity contribution in [2.24, 2.45) is 0 Å². The van der Waals surface area contributed by atoms with Crippen LogP contribution in [0.1, 0.15) is 40.2 Å². The van der Waals surface area contributed by atoms with Gasteiger partial charge < -0.3 is 18.6 Å². The zero-order valence-corrected chi connectivity index (χ0v) is 18.7. The molecule has 0 aliphatic carbocycles. The van der Waals surface area contributed by atoms with Crippen LogP contribution in [-0.2, 0) is 15.8 Å². The van der Waals surface area contributed by atoms with Crippen LogP contribution in [0.2, 0.25) is 18.1 Å². The van der Waals surface area contributed by atoms with E-state index in [4.69, 9.17) is 18.6 Å². The van der Waals surface area contributed by atoms with Crippen LogP contribution < -0.4 is 9.47 Å². The molecule has 4 nitrogen and oxygen atoms in total. The van der Waals surface area contributed by atoms with Gasteiger partial charge in [0.05, 0.1) is 18.2 Å². The standard InChI is InChI=1S/C18H31BrO4Si/c1-9-21-13(2)23-17-15(19)10-14(11-16(17)20-6)12-22-24(7,8)18(3,4)5/h10-11,13H,9,12H2,1-8H3. The predicted molar refractivity (Wildman–Crippen MR) is 104 cm³/mol. The van der Waals surface area contributed by atoms with E-state index < -0.39 is 8.32 Å². The molecular formula is C18H31BrO4Si. The summed E-state index contributed by atoms with van der Waals surface area (Å²) in [6.45, 7) is 16.2. The summed E-state index contributed by atoms with van der Waals surface area (Å²) < 4.78 is 23.9. The maximum absolute atomic E-state index is 6.29. The molecule has 1 aromatic rings. The van der Waals surface area contributed by atoms with E-state index in [1.807, 2.05) is 26.0 Å². The van der Waals surface area contributed by atoms with E-state index >= 15 is 0 Å². The number of hydrogen-bond donors (Lipinski definition) is 0. The molecule has 0 aliphatic rings. The number of methoxy groups -OCH3 is 1. The van der Waals surface area contributed by atoms with Crippen molar-refractivity contribution in [1.82, 2.24) is 0 Å². The molecule has 0 N–H and O–H groups in total. The normalized spacial score (nSPS) is 13.7. The summed E-state index contributed by atoms with van der Waals surface area (Å²) in [5.74, 6) is 1.32. The fraction of sp³-hybridized carbons (Fsp3) is 0.667. The minimum absolute atomic E-state index is 0.185. The highest BCUT2D eigenvalue weighted by atomic mass is 79.9. The molecule has 6 heteroatoms. The minimum atomic E-state index is -1.79. The SMILES string of the molecule is CCOC(C)Oc1c(Br)cc(CO[Si](C)(C)C(C)(C)C)cc1OC. The molecule has 24 heavy (non-hydrogen) atoms. The molecule has 0 saturated heterocycles. The molecule has 0 amide bonds. The van der Waals surface area contributed by atoms with Gasteiger partial charge >= 0.3 is 0 Å². The average Bonchev–Trinajstić information content (AvgIpc) is 2.46. The fourth-order valence-electron chi connectivity index (χ4n) is 1.89. The molecule has 0 aliphatic heterocycles. The van der Waals surface area contributed by atoms with Crippen molar-refractivity contribution in [3.8, 4) is 11.5 Å². The Bertz CT molecular complexity index is 541. The Hall–Kier alpha value is -0.563. The summed E-state index contributed by atoms with van der Waals surface area (Å²) in [4.78, 5) is 0. The molecule has 0 spiro atoms. The van der Waals surface area contributed by atoms with Crippen molar-refractivity contribution in [3.63, 3.8) is 0 Å². The van der Waals surface area contributed by atoms with Crippen molar-refractivity contribution >= 4 is 24.2 Å². The van der Waals surface area contributed by atoms with Crippen LogP contribution in [0, 0.1) is 0 Å². The van der Waals surface area contributed by atoms with E-state index in [1.165, 1.54) is 0 Å². The molecule has 0 heterocycles. The highest BCUT2D eigenvalue weighted by molar-refractivity contribution is 9.10. The maximum atomic E-state index is 6.29. The molecule has 1 atom stereocenters. The Balaban J connectivity index is 2.94. The van der Waals surface area contributed by atoms with Crippen molar-refractivity contribution in [2.75, 3.05) is 13.7 Å². The largest absolute Gasteiger partial charge is 0.493 e. The molecule has 1 rings (SSSR count). The van der Waals surface area contributed by atoms with E-state index in [0.717, 1.165) is 10.0 Å². The second-order valence-electron chi connectivity index (χ2n) is 7.30. The Morgan fingerprint density at radius 2 is 1.83 bits per heavy atom. The third kappa shape index (κ3) is 5.76. The third-order valence-electron chi connectivity index (χ3n) is 4.38. The lowest BCUT2D eigenvalue weighted by atomic mass is 10.2. The molecule has 1 unspecified atom stereocenters. The quantitative estimate of drug-likeness (QED) is 0.398. The molecule has 0 bridgehead atoms. The smallest absolute Gasteiger partial charge is 0.197 e. The first-order valence-electron chi connectivity index (χ1n) is 8.30. The number of rotatable bonds is 8. The van der Waals surface area contributed by atoms with Crippen LogP contribution in [0.25, 0.3) is 0 Å². The van der Waals surface area contributed by atoms with Gasteiger partial charge in [-0.15, -0.1) is 0 Å².